The lowest BCUT2D eigenvalue weighted by Gasteiger charge is -2.28. The number of phenolic OH excluding ortho intramolecular Hbond substituents is 1. The first-order valence-corrected chi connectivity index (χ1v) is 8.65. The van der Waals surface area contributed by atoms with E-state index in [1.807, 2.05) is 29.2 Å². The van der Waals surface area contributed by atoms with Gasteiger partial charge in [0.25, 0.3) is 0 Å². The van der Waals surface area contributed by atoms with Crippen molar-refractivity contribution in [3.8, 4) is 5.75 Å². The van der Waals surface area contributed by atoms with Crippen molar-refractivity contribution in [1.82, 2.24) is 0 Å². The highest BCUT2D eigenvalue weighted by Gasteiger charge is 2.22. The molecule has 0 atom stereocenters. The van der Waals surface area contributed by atoms with Gasteiger partial charge in [-0.3, -0.25) is 4.79 Å². The maximum absolute atomic E-state index is 12.5. The van der Waals surface area contributed by atoms with Crippen molar-refractivity contribution in [3.05, 3.63) is 48.5 Å². The minimum atomic E-state index is 0.107. The van der Waals surface area contributed by atoms with Gasteiger partial charge in [0.2, 0.25) is 5.91 Å². The summed E-state index contributed by atoms with van der Waals surface area (Å²) < 4.78 is 0. The average molecular weight is 317 g/mol. The van der Waals surface area contributed by atoms with E-state index in [2.05, 4.69) is 6.07 Å². The third kappa shape index (κ3) is 3.36. The number of hydrogen-bond donors (Lipinski definition) is 1. The van der Waals surface area contributed by atoms with E-state index in [1.165, 1.54) is 16.7 Å². The van der Waals surface area contributed by atoms with Gasteiger partial charge in [-0.05, 0) is 30.3 Å². The Kier molecular flexibility index (Phi) is 4.41. The zero-order valence-electron chi connectivity index (χ0n) is 11.4. The Morgan fingerprint density at radius 3 is 2.95 bits per heavy atom. The van der Waals surface area contributed by atoms with Gasteiger partial charge < -0.3 is 10.0 Å². The Morgan fingerprint density at radius 2 is 2.10 bits per heavy atom. The standard InChI is InChI=1S/C16H15NO2S2/c18-12-4-3-5-13(10-12)21-11-16(19)17-8-9-20-15-7-2-1-6-14(15)17/h1-7,10,18H,8-9,11H2. The van der Waals surface area contributed by atoms with Gasteiger partial charge in [-0.1, -0.05) is 18.2 Å². The maximum atomic E-state index is 12.5. The summed E-state index contributed by atoms with van der Waals surface area (Å²) in [6.45, 7) is 0.751. The van der Waals surface area contributed by atoms with Crippen molar-refractivity contribution in [2.75, 3.05) is 23.0 Å². The molecule has 0 bridgehead atoms. The minimum absolute atomic E-state index is 0.107. The zero-order valence-corrected chi connectivity index (χ0v) is 13.0. The number of aromatic hydroxyl groups is 1. The summed E-state index contributed by atoms with van der Waals surface area (Å²) in [5.41, 5.74) is 1.01. The molecule has 0 saturated heterocycles. The number of hydrogen-bond acceptors (Lipinski definition) is 4. The quantitative estimate of drug-likeness (QED) is 0.878. The monoisotopic (exact) mass is 317 g/mol. The number of fused-ring (bicyclic) bond motifs is 1. The van der Waals surface area contributed by atoms with Crippen LogP contribution in [0, 0.1) is 0 Å². The Hall–Kier alpha value is -1.59. The van der Waals surface area contributed by atoms with E-state index in [0.717, 1.165) is 22.9 Å². The Bertz CT molecular complexity index is 660. The summed E-state index contributed by atoms with van der Waals surface area (Å²) in [4.78, 5) is 16.4. The molecule has 0 aromatic heterocycles. The lowest BCUT2D eigenvalue weighted by atomic mass is 10.3. The van der Waals surface area contributed by atoms with Crippen LogP contribution < -0.4 is 4.90 Å². The number of rotatable bonds is 3. The summed E-state index contributed by atoms with van der Waals surface area (Å²) >= 11 is 3.25. The summed E-state index contributed by atoms with van der Waals surface area (Å²) in [6.07, 6.45) is 0. The lowest BCUT2D eigenvalue weighted by Crippen LogP contribution is -2.36. The molecule has 3 rings (SSSR count). The summed E-state index contributed by atoms with van der Waals surface area (Å²) in [7, 11) is 0. The molecule has 3 nitrogen and oxygen atoms in total. The van der Waals surface area contributed by atoms with E-state index in [0.29, 0.717) is 5.75 Å². The first-order valence-electron chi connectivity index (χ1n) is 6.68. The van der Waals surface area contributed by atoms with Crippen LogP contribution in [0.2, 0.25) is 0 Å². The Balaban J connectivity index is 1.69. The molecular formula is C16H15NO2S2. The fourth-order valence-electron chi connectivity index (χ4n) is 2.22. The third-order valence-corrected chi connectivity index (χ3v) is 5.23. The number of thioether (sulfide) groups is 2. The van der Waals surface area contributed by atoms with Crippen LogP contribution in [0.1, 0.15) is 0 Å². The summed E-state index contributed by atoms with van der Waals surface area (Å²) in [6, 6.07) is 15.0. The number of para-hydroxylation sites is 1. The number of carbonyl (C=O) groups excluding carboxylic acids is 1. The van der Waals surface area contributed by atoms with Crippen LogP contribution in [0.25, 0.3) is 0 Å². The van der Waals surface area contributed by atoms with Crippen LogP contribution in [-0.2, 0) is 4.79 Å². The number of amides is 1. The first kappa shape index (κ1) is 14.4. The molecule has 1 heterocycles. The van der Waals surface area contributed by atoms with Crippen molar-refractivity contribution in [2.24, 2.45) is 0 Å². The number of nitrogens with zero attached hydrogens (tertiary/aromatic N) is 1. The molecule has 0 fully saturated rings. The van der Waals surface area contributed by atoms with E-state index in [9.17, 15) is 9.90 Å². The maximum Gasteiger partial charge on any atom is 0.237 e. The van der Waals surface area contributed by atoms with Crippen molar-refractivity contribution in [3.63, 3.8) is 0 Å². The number of benzene rings is 2. The van der Waals surface area contributed by atoms with Gasteiger partial charge in [0.05, 0.1) is 11.4 Å². The highest BCUT2D eigenvalue weighted by molar-refractivity contribution is 8.00. The Labute approximate surface area is 132 Å². The van der Waals surface area contributed by atoms with Crippen LogP contribution in [0.5, 0.6) is 5.75 Å². The molecule has 108 valence electrons. The van der Waals surface area contributed by atoms with Gasteiger partial charge in [-0.15, -0.1) is 23.5 Å². The third-order valence-electron chi connectivity index (χ3n) is 3.21. The zero-order chi connectivity index (χ0) is 14.7. The van der Waals surface area contributed by atoms with Gasteiger partial charge in [-0.25, -0.2) is 0 Å². The normalized spacial score (nSPS) is 13.8. The number of anilines is 1. The highest BCUT2D eigenvalue weighted by Crippen LogP contribution is 2.35. The van der Waals surface area contributed by atoms with Crippen LogP contribution in [-0.4, -0.2) is 29.1 Å². The summed E-state index contributed by atoms with van der Waals surface area (Å²) in [5.74, 6) is 1.64. The molecule has 0 unspecified atom stereocenters. The molecule has 1 amide bonds. The molecule has 0 radical (unpaired) electrons. The first-order chi connectivity index (χ1) is 10.2. The van der Waals surface area contributed by atoms with Crippen molar-refractivity contribution >= 4 is 35.1 Å². The van der Waals surface area contributed by atoms with Crippen LogP contribution in [0.3, 0.4) is 0 Å². The minimum Gasteiger partial charge on any atom is -0.508 e. The molecule has 2 aromatic carbocycles. The molecule has 1 aliphatic heterocycles. The predicted molar refractivity (Wildman–Crippen MR) is 88.3 cm³/mol. The fourth-order valence-corrected chi connectivity index (χ4v) is 4.04. The predicted octanol–water partition coefficient (Wildman–Crippen LogP) is 3.62. The molecule has 21 heavy (non-hydrogen) atoms. The van der Waals surface area contributed by atoms with E-state index in [1.54, 1.807) is 30.0 Å². The average Bonchev–Trinajstić information content (AvgIpc) is 2.52. The molecule has 2 aromatic rings. The van der Waals surface area contributed by atoms with Crippen molar-refractivity contribution < 1.29 is 9.90 Å². The topological polar surface area (TPSA) is 40.5 Å². The van der Waals surface area contributed by atoms with Gasteiger partial charge >= 0.3 is 0 Å². The largest absolute Gasteiger partial charge is 0.508 e. The van der Waals surface area contributed by atoms with Gasteiger partial charge in [-0.2, -0.15) is 0 Å². The van der Waals surface area contributed by atoms with Gasteiger partial charge in [0.15, 0.2) is 0 Å². The molecule has 5 heteroatoms. The fraction of sp³-hybridized carbons (Fsp3) is 0.188. The van der Waals surface area contributed by atoms with Crippen LogP contribution in [0.15, 0.2) is 58.3 Å². The second-order valence-corrected chi connectivity index (χ2v) is 6.83. The molecular weight excluding hydrogens is 302 g/mol. The molecule has 1 aliphatic rings. The second kappa shape index (κ2) is 6.45. The van der Waals surface area contributed by atoms with E-state index >= 15 is 0 Å². The second-order valence-electron chi connectivity index (χ2n) is 4.65. The van der Waals surface area contributed by atoms with E-state index < -0.39 is 0 Å². The van der Waals surface area contributed by atoms with E-state index in [4.69, 9.17) is 0 Å². The molecule has 1 N–H and O–H groups in total. The molecule has 0 saturated carbocycles. The van der Waals surface area contributed by atoms with Crippen molar-refractivity contribution in [1.29, 1.82) is 0 Å². The van der Waals surface area contributed by atoms with Crippen molar-refractivity contribution in [2.45, 2.75) is 9.79 Å². The van der Waals surface area contributed by atoms with Crippen LogP contribution in [0.4, 0.5) is 5.69 Å². The summed E-state index contributed by atoms with van der Waals surface area (Å²) in [5, 5.41) is 9.45. The highest BCUT2D eigenvalue weighted by atomic mass is 32.2. The smallest absolute Gasteiger partial charge is 0.237 e. The van der Waals surface area contributed by atoms with Gasteiger partial charge in [0.1, 0.15) is 5.75 Å². The number of carbonyl (C=O) groups is 1. The SMILES string of the molecule is O=C(CSc1cccc(O)c1)N1CCSc2ccccc21. The molecule has 0 aliphatic carbocycles. The van der Waals surface area contributed by atoms with Crippen LogP contribution >= 0.6 is 23.5 Å². The molecule has 0 spiro atoms. The Morgan fingerprint density at radius 1 is 1.24 bits per heavy atom. The van der Waals surface area contributed by atoms with Gasteiger partial charge in [0, 0.05) is 22.1 Å². The van der Waals surface area contributed by atoms with E-state index in [-0.39, 0.29) is 11.7 Å². The lowest BCUT2D eigenvalue weighted by molar-refractivity contribution is -0.116. The number of phenols is 1.